The van der Waals surface area contributed by atoms with Gasteiger partial charge >= 0.3 is 0 Å². The van der Waals surface area contributed by atoms with Crippen molar-refractivity contribution >= 4 is 11.8 Å². The van der Waals surface area contributed by atoms with E-state index in [9.17, 15) is 4.79 Å². The van der Waals surface area contributed by atoms with Gasteiger partial charge in [0.2, 0.25) is 11.8 Å². The summed E-state index contributed by atoms with van der Waals surface area (Å²) in [4.78, 5) is 14.1. The molecule has 130 valence electrons. The number of nitrogens with zero attached hydrogens (tertiary/aromatic N) is 2. The number of amides is 1. The average Bonchev–Trinajstić information content (AvgIpc) is 2.95. The van der Waals surface area contributed by atoms with Crippen LogP contribution in [0.2, 0.25) is 0 Å². The number of likely N-dealkylation sites (N-methyl/N-ethyl adjacent to an activating group) is 1. The number of carbonyl (C=O) groups is 1. The number of aromatic nitrogens is 1. The van der Waals surface area contributed by atoms with E-state index >= 15 is 0 Å². The minimum Gasteiger partial charge on any atom is -0.497 e. The zero-order valence-electron chi connectivity index (χ0n) is 14.9. The molecule has 1 heterocycles. The molecule has 6 nitrogen and oxygen atoms in total. The first kappa shape index (κ1) is 18.0. The maximum atomic E-state index is 12.1. The lowest BCUT2D eigenvalue weighted by Gasteiger charge is -2.16. The Labute approximate surface area is 142 Å². The molecular formula is C18H25N3O3. The van der Waals surface area contributed by atoms with Crippen LogP contribution in [0, 0.1) is 0 Å². The molecule has 2 aromatic rings. The van der Waals surface area contributed by atoms with Gasteiger partial charge in [-0.15, -0.1) is 0 Å². The second kappa shape index (κ2) is 7.49. The highest BCUT2D eigenvalue weighted by Crippen LogP contribution is 2.23. The number of carbonyl (C=O) groups excluding carboxylic acids is 1. The summed E-state index contributed by atoms with van der Waals surface area (Å²) in [6.45, 7) is 7.02. The van der Waals surface area contributed by atoms with Crippen LogP contribution >= 0.6 is 0 Å². The highest BCUT2D eigenvalue weighted by atomic mass is 16.5. The minimum atomic E-state index is -0.142. The summed E-state index contributed by atoms with van der Waals surface area (Å²) >= 11 is 0. The van der Waals surface area contributed by atoms with Gasteiger partial charge in [-0.05, 0) is 24.7 Å². The molecule has 1 N–H and O–H groups in total. The molecule has 0 fully saturated rings. The Morgan fingerprint density at radius 1 is 1.33 bits per heavy atom. The molecule has 0 aliphatic carbocycles. The number of ether oxygens (including phenoxy) is 1. The van der Waals surface area contributed by atoms with Gasteiger partial charge in [0, 0.05) is 18.0 Å². The van der Waals surface area contributed by atoms with Crippen LogP contribution in [-0.2, 0) is 16.8 Å². The first-order chi connectivity index (χ1) is 11.3. The van der Waals surface area contributed by atoms with Gasteiger partial charge < -0.3 is 9.26 Å². The summed E-state index contributed by atoms with van der Waals surface area (Å²) < 4.78 is 10.4. The van der Waals surface area contributed by atoms with Gasteiger partial charge in [-0.3, -0.25) is 15.0 Å². The molecule has 0 unspecified atom stereocenters. The molecule has 0 saturated carbocycles. The van der Waals surface area contributed by atoms with E-state index in [4.69, 9.17) is 9.26 Å². The first-order valence-corrected chi connectivity index (χ1v) is 7.86. The molecule has 0 atom stereocenters. The molecule has 0 saturated heterocycles. The number of benzene rings is 1. The summed E-state index contributed by atoms with van der Waals surface area (Å²) in [7, 11) is 3.53. The quantitative estimate of drug-likeness (QED) is 0.881. The van der Waals surface area contributed by atoms with Crippen molar-refractivity contribution in [2.75, 3.05) is 26.0 Å². The highest BCUT2D eigenvalue weighted by molar-refractivity contribution is 5.90. The topological polar surface area (TPSA) is 67.6 Å². The summed E-state index contributed by atoms with van der Waals surface area (Å²) in [5.74, 6) is 1.04. The third-order valence-electron chi connectivity index (χ3n) is 3.54. The van der Waals surface area contributed by atoms with E-state index in [1.807, 2.05) is 57.0 Å². The van der Waals surface area contributed by atoms with Gasteiger partial charge in [-0.2, -0.15) is 0 Å². The van der Waals surface area contributed by atoms with Crippen LogP contribution in [0.25, 0.3) is 0 Å². The van der Waals surface area contributed by atoms with Crippen molar-refractivity contribution in [3.63, 3.8) is 0 Å². The Hall–Kier alpha value is -2.34. The lowest BCUT2D eigenvalue weighted by atomic mass is 9.92. The molecule has 0 radical (unpaired) electrons. The number of hydrogen-bond acceptors (Lipinski definition) is 5. The first-order valence-electron chi connectivity index (χ1n) is 7.86. The molecule has 0 aliphatic heterocycles. The lowest BCUT2D eigenvalue weighted by molar-refractivity contribution is -0.117. The van der Waals surface area contributed by atoms with Crippen LogP contribution in [0.1, 0.15) is 32.0 Å². The summed E-state index contributed by atoms with van der Waals surface area (Å²) in [6.07, 6.45) is 0. The van der Waals surface area contributed by atoms with Crippen LogP contribution in [0.5, 0.6) is 5.75 Å². The Balaban J connectivity index is 1.88. The number of anilines is 1. The lowest BCUT2D eigenvalue weighted by Crippen LogP contribution is -2.29. The Bertz CT molecular complexity index is 689. The Morgan fingerprint density at radius 3 is 2.71 bits per heavy atom. The van der Waals surface area contributed by atoms with Gasteiger partial charge in [0.15, 0.2) is 0 Å². The average molecular weight is 331 g/mol. The number of methoxy groups -OCH3 is 1. The highest BCUT2D eigenvalue weighted by Gasteiger charge is 2.20. The normalized spacial score (nSPS) is 11.6. The fourth-order valence-electron chi connectivity index (χ4n) is 2.25. The third kappa shape index (κ3) is 5.09. The van der Waals surface area contributed by atoms with E-state index < -0.39 is 0 Å². The second-order valence-corrected chi connectivity index (χ2v) is 6.90. The van der Waals surface area contributed by atoms with Gasteiger partial charge in [0.1, 0.15) is 5.75 Å². The van der Waals surface area contributed by atoms with Crippen molar-refractivity contribution in [2.45, 2.75) is 32.7 Å². The standard InChI is InChI=1S/C18H25N3O3/c1-18(2,3)15-10-17(24-20-15)19-16(22)12-21(4)11-13-7-6-8-14(9-13)23-5/h6-10H,11-12H2,1-5H3,(H,19,22). The smallest absolute Gasteiger partial charge is 0.240 e. The van der Waals surface area contributed by atoms with Crippen LogP contribution in [-0.4, -0.2) is 36.7 Å². The molecule has 6 heteroatoms. The number of nitrogens with one attached hydrogen (secondary N) is 1. The SMILES string of the molecule is COc1cccc(CN(C)CC(=O)Nc2cc(C(C)(C)C)no2)c1. The van der Waals surface area contributed by atoms with Gasteiger partial charge in [-0.25, -0.2) is 0 Å². The van der Waals surface area contributed by atoms with E-state index in [-0.39, 0.29) is 17.9 Å². The molecule has 1 aromatic carbocycles. The monoisotopic (exact) mass is 331 g/mol. The summed E-state index contributed by atoms with van der Waals surface area (Å²) in [6, 6.07) is 9.56. The molecule has 1 amide bonds. The predicted octanol–water partition coefficient (Wildman–Crippen LogP) is 3.05. The maximum Gasteiger partial charge on any atom is 0.240 e. The van der Waals surface area contributed by atoms with Crippen molar-refractivity contribution in [3.05, 3.63) is 41.6 Å². The largest absolute Gasteiger partial charge is 0.497 e. The van der Waals surface area contributed by atoms with Crippen molar-refractivity contribution in [2.24, 2.45) is 0 Å². The molecule has 0 spiro atoms. The van der Waals surface area contributed by atoms with Crippen LogP contribution in [0.15, 0.2) is 34.9 Å². The fourth-order valence-corrected chi connectivity index (χ4v) is 2.25. The maximum absolute atomic E-state index is 12.1. The summed E-state index contributed by atoms with van der Waals surface area (Å²) in [5.41, 5.74) is 1.78. The zero-order valence-corrected chi connectivity index (χ0v) is 14.9. The Morgan fingerprint density at radius 2 is 2.08 bits per heavy atom. The molecule has 0 aliphatic rings. The van der Waals surface area contributed by atoms with Crippen LogP contribution in [0.4, 0.5) is 5.88 Å². The molecule has 2 rings (SSSR count). The molecular weight excluding hydrogens is 306 g/mol. The summed E-state index contributed by atoms with van der Waals surface area (Å²) in [5, 5.41) is 6.73. The van der Waals surface area contributed by atoms with E-state index in [1.54, 1.807) is 13.2 Å². The second-order valence-electron chi connectivity index (χ2n) is 6.90. The predicted molar refractivity (Wildman–Crippen MR) is 93.2 cm³/mol. The van der Waals surface area contributed by atoms with Crippen molar-refractivity contribution in [3.8, 4) is 5.75 Å². The third-order valence-corrected chi connectivity index (χ3v) is 3.54. The fraction of sp³-hybridized carbons (Fsp3) is 0.444. The van der Waals surface area contributed by atoms with E-state index in [0.29, 0.717) is 12.4 Å². The van der Waals surface area contributed by atoms with E-state index in [0.717, 1.165) is 17.0 Å². The van der Waals surface area contributed by atoms with Gasteiger partial charge in [-0.1, -0.05) is 38.1 Å². The molecule has 1 aromatic heterocycles. The van der Waals surface area contributed by atoms with E-state index in [1.165, 1.54) is 0 Å². The number of hydrogen-bond donors (Lipinski definition) is 1. The minimum absolute atomic E-state index is 0.115. The zero-order chi connectivity index (χ0) is 17.7. The van der Waals surface area contributed by atoms with Crippen molar-refractivity contribution < 1.29 is 14.1 Å². The van der Waals surface area contributed by atoms with Crippen molar-refractivity contribution in [1.29, 1.82) is 0 Å². The van der Waals surface area contributed by atoms with Crippen LogP contribution < -0.4 is 10.1 Å². The number of rotatable bonds is 6. The molecule has 24 heavy (non-hydrogen) atoms. The molecule has 0 bridgehead atoms. The van der Waals surface area contributed by atoms with E-state index in [2.05, 4.69) is 10.5 Å². The van der Waals surface area contributed by atoms with Gasteiger partial charge in [0.05, 0.1) is 19.3 Å². The van der Waals surface area contributed by atoms with Crippen LogP contribution in [0.3, 0.4) is 0 Å². The van der Waals surface area contributed by atoms with Gasteiger partial charge in [0.25, 0.3) is 0 Å². The van der Waals surface area contributed by atoms with Crippen molar-refractivity contribution in [1.82, 2.24) is 10.1 Å². The Kier molecular flexibility index (Phi) is 5.62.